The average molecular weight is 413 g/mol. The number of nitrogens with one attached hydrogen (secondary N) is 1. The maximum absolute atomic E-state index is 12.9. The first-order valence-corrected chi connectivity index (χ1v) is 9.32. The quantitative estimate of drug-likeness (QED) is 0.631. The fraction of sp³-hybridized carbons (Fsp3) is 0.227. The number of nitrogens with zero attached hydrogens (tertiary/aromatic N) is 2. The second kappa shape index (κ2) is 7.12. The third-order valence-corrected chi connectivity index (χ3v) is 5.19. The van der Waals surface area contributed by atoms with Crippen LogP contribution in [0.4, 0.5) is 18.9 Å². The van der Waals surface area contributed by atoms with Gasteiger partial charge in [-0.25, -0.2) is 5.10 Å². The molecule has 0 atom stereocenters. The standard InChI is InChI=1S/C22H18F3N3O2/c1-11-7-14(8-12(2)20(11)29)19-10-16(21(30)28-27-19)18-5-3-13-9-15(22(23,24)25)4-6-17(13)26-18/h4,6-10,29H,3,5H2,1-2H3,(H,28,30). The van der Waals surface area contributed by atoms with E-state index >= 15 is 0 Å². The molecule has 154 valence electrons. The Bertz CT molecular complexity index is 1220. The summed E-state index contributed by atoms with van der Waals surface area (Å²) < 4.78 is 38.8. The van der Waals surface area contributed by atoms with Crippen LogP contribution < -0.4 is 5.56 Å². The van der Waals surface area contributed by atoms with Crippen molar-refractivity contribution in [1.82, 2.24) is 10.2 Å². The van der Waals surface area contributed by atoms with Crippen molar-refractivity contribution in [2.75, 3.05) is 0 Å². The molecule has 0 radical (unpaired) electrons. The second-order valence-corrected chi connectivity index (χ2v) is 7.35. The Morgan fingerprint density at radius 1 is 1.03 bits per heavy atom. The molecular weight excluding hydrogens is 395 g/mol. The van der Waals surface area contributed by atoms with E-state index in [0.29, 0.717) is 52.2 Å². The van der Waals surface area contributed by atoms with Crippen molar-refractivity contribution >= 4 is 11.4 Å². The minimum absolute atomic E-state index is 0.204. The molecule has 0 saturated heterocycles. The van der Waals surface area contributed by atoms with Crippen molar-refractivity contribution in [2.45, 2.75) is 32.9 Å². The zero-order chi connectivity index (χ0) is 21.6. The van der Waals surface area contributed by atoms with E-state index in [2.05, 4.69) is 15.2 Å². The fourth-order valence-electron chi connectivity index (χ4n) is 3.59. The Morgan fingerprint density at radius 2 is 1.73 bits per heavy atom. The number of halogens is 3. The Hall–Kier alpha value is -3.42. The predicted octanol–water partition coefficient (Wildman–Crippen LogP) is 4.85. The number of alkyl halides is 3. The van der Waals surface area contributed by atoms with Gasteiger partial charge in [-0.1, -0.05) is 0 Å². The number of hydrogen-bond acceptors (Lipinski definition) is 4. The van der Waals surface area contributed by atoms with Crippen LogP contribution in [0.5, 0.6) is 5.75 Å². The lowest BCUT2D eigenvalue weighted by atomic mass is 9.95. The molecule has 0 fully saturated rings. The molecule has 0 unspecified atom stereocenters. The lowest BCUT2D eigenvalue weighted by Gasteiger charge is -2.17. The zero-order valence-electron chi connectivity index (χ0n) is 16.3. The highest BCUT2D eigenvalue weighted by Crippen LogP contribution is 2.35. The van der Waals surface area contributed by atoms with Crippen LogP contribution in [0.15, 0.2) is 46.2 Å². The van der Waals surface area contributed by atoms with E-state index in [9.17, 15) is 23.1 Å². The number of benzene rings is 2. The summed E-state index contributed by atoms with van der Waals surface area (Å²) in [5, 5.41) is 16.5. The minimum Gasteiger partial charge on any atom is -0.507 e. The molecule has 0 aliphatic carbocycles. The van der Waals surface area contributed by atoms with Crippen LogP contribution in [0.3, 0.4) is 0 Å². The Morgan fingerprint density at radius 3 is 2.40 bits per heavy atom. The lowest BCUT2D eigenvalue weighted by molar-refractivity contribution is -0.137. The van der Waals surface area contributed by atoms with Crippen LogP contribution in [-0.2, 0) is 12.6 Å². The van der Waals surface area contributed by atoms with Crippen molar-refractivity contribution < 1.29 is 18.3 Å². The summed E-state index contributed by atoms with van der Waals surface area (Å²) in [6.07, 6.45) is -3.71. The molecule has 0 saturated carbocycles. The number of phenolic OH excluding ortho intramolecular Hbond substituents is 1. The summed E-state index contributed by atoms with van der Waals surface area (Å²) >= 11 is 0. The highest BCUT2D eigenvalue weighted by atomic mass is 19.4. The van der Waals surface area contributed by atoms with Gasteiger partial charge in [-0.2, -0.15) is 18.3 Å². The van der Waals surface area contributed by atoms with Crippen molar-refractivity contribution in [2.24, 2.45) is 4.99 Å². The number of H-pyrrole nitrogens is 1. The first-order valence-electron chi connectivity index (χ1n) is 9.32. The minimum atomic E-state index is -4.41. The highest BCUT2D eigenvalue weighted by Gasteiger charge is 2.31. The van der Waals surface area contributed by atoms with Gasteiger partial charge >= 0.3 is 6.18 Å². The van der Waals surface area contributed by atoms with Gasteiger partial charge < -0.3 is 5.11 Å². The Labute approximate surface area is 169 Å². The number of aromatic hydroxyl groups is 1. The van der Waals surface area contributed by atoms with Crippen LogP contribution >= 0.6 is 0 Å². The van der Waals surface area contributed by atoms with Crippen molar-refractivity contribution in [3.05, 3.63) is 74.6 Å². The molecule has 1 aromatic heterocycles. The summed E-state index contributed by atoms with van der Waals surface area (Å²) in [5.74, 6) is 0.204. The largest absolute Gasteiger partial charge is 0.507 e. The molecule has 8 heteroatoms. The van der Waals surface area contributed by atoms with Gasteiger partial charge in [0, 0.05) is 5.56 Å². The molecule has 1 aliphatic rings. The number of hydrogen-bond donors (Lipinski definition) is 2. The van der Waals surface area contributed by atoms with E-state index in [1.807, 2.05) is 0 Å². The van der Waals surface area contributed by atoms with Crippen LogP contribution in [0, 0.1) is 13.8 Å². The first-order chi connectivity index (χ1) is 14.1. The van der Waals surface area contributed by atoms with Gasteiger partial charge in [0.25, 0.3) is 5.56 Å². The van der Waals surface area contributed by atoms with Gasteiger partial charge in [-0.15, -0.1) is 0 Å². The van der Waals surface area contributed by atoms with Crippen LogP contribution in [0.1, 0.15) is 34.2 Å². The molecule has 3 aromatic rings. The molecule has 5 nitrogen and oxygen atoms in total. The first kappa shape index (κ1) is 19.9. The summed E-state index contributed by atoms with van der Waals surface area (Å²) in [7, 11) is 0. The maximum Gasteiger partial charge on any atom is 0.416 e. The molecule has 30 heavy (non-hydrogen) atoms. The number of aromatic nitrogens is 2. The molecule has 4 rings (SSSR count). The van der Waals surface area contributed by atoms with Gasteiger partial charge in [-0.3, -0.25) is 9.79 Å². The van der Waals surface area contributed by atoms with E-state index in [1.54, 1.807) is 32.0 Å². The molecule has 2 aromatic carbocycles. The molecular formula is C22H18F3N3O2. The number of aliphatic imine (C=N–C) groups is 1. The highest BCUT2D eigenvalue weighted by molar-refractivity contribution is 6.03. The van der Waals surface area contributed by atoms with Gasteiger partial charge in [0.05, 0.1) is 28.2 Å². The normalized spacial score (nSPS) is 13.7. The number of phenols is 1. The third kappa shape index (κ3) is 3.60. The fourth-order valence-corrected chi connectivity index (χ4v) is 3.59. The van der Waals surface area contributed by atoms with Crippen molar-refractivity contribution in [3.63, 3.8) is 0 Å². The SMILES string of the molecule is Cc1cc(-c2cc(C3=Nc4ccc(C(F)(F)F)cc4CC3)c(=O)[nH]n2)cc(C)c1O. The third-order valence-electron chi connectivity index (χ3n) is 5.19. The number of rotatable bonds is 2. The smallest absolute Gasteiger partial charge is 0.416 e. The number of aromatic amines is 1. The Kier molecular flexibility index (Phi) is 4.72. The van der Waals surface area contributed by atoms with Crippen molar-refractivity contribution in [3.8, 4) is 17.0 Å². The average Bonchev–Trinajstić information content (AvgIpc) is 2.70. The molecule has 0 bridgehead atoms. The van der Waals surface area contributed by atoms with E-state index < -0.39 is 17.3 Å². The molecule has 2 N–H and O–H groups in total. The maximum atomic E-state index is 12.9. The van der Waals surface area contributed by atoms with Crippen LogP contribution in [0.25, 0.3) is 11.3 Å². The molecule has 0 amide bonds. The van der Waals surface area contributed by atoms with Crippen LogP contribution in [0.2, 0.25) is 0 Å². The molecule has 0 spiro atoms. The van der Waals surface area contributed by atoms with E-state index in [-0.39, 0.29) is 5.75 Å². The Balaban J connectivity index is 1.76. The number of fused-ring (bicyclic) bond motifs is 1. The molecule has 1 aliphatic heterocycles. The summed E-state index contributed by atoms with van der Waals surface area (Å²) in [6, 6.07) is 8.60. The van der Waals surface area contributed by atoms with Gasteiger partial charge in [0.15, 0.2) is 0 Å². The summed E-state index contributed by atoms with van der Waals surface area (Å²) in [5.41, 5.74) is 3.24. The lowest BCUT2D eigenvalue weighted by Crippen LogP contribution is -2.21. The second-order valence-electron chi connectivity index (χ2n) is 7.35. The molecule has 2 heterocycles. The summed E-state index contributed by atoms with van der Waals surface area (Å²) in [6.45, 7) is 3.55. The van der Waals surface area contributed by atoms with E-state index in [1.165, 1.54) is 6.07 Å². The van der Waals surface area contributed by atoms with Gasteiger partial charge in [-0.05, 0) is 79.8 Å². The van der Waals surface area contributed by atoms with Gasteiger partial charge in [0.1, 0.15) is 5.75 Å². The van der Waals surface area contributed by atoms with E-state index in [4.69, 9.17) is 0 Å². The topological polar surface area (TPSA) is 78.3 Å². The summed E-state index contributed by atoms with van der Waals surface area (Å²) in [4.78, 5) is 16.8. The monoisotopic (exact) mass is 413 g/mol. The predicted molar refractivity (Wildman–Crippen MR) is 107 cm³/mol. The van der Waals surface area contributed by atoms with Crippen molar-refractivity contribution in [1.29, 1.82) is 0 Å². The zero-order valence-corrected chi connectivity index (χ0v) is 16.3. The van der Waals surface area contributed by atoms with Gasteiger partial charge in [0.2, 0.25) is 0 Å². The number of aryl methyl sites for hydroxylation is 3. The van der Waals surface area contributed by atoms with Crippen LogP contribution in [-0.4, -0.2) is 21.0 Å². The van der Waals surface area contributed by atoms with E-state index in [0.717, 1.165) is 17.7 Å².